The Bertz CT molecular complexity index is 629. The van der Waals surface area contributed by atoms with Gasteiger partial charge in [-0.25, -0.2) is 9.78 Å². The summed E-state index contributed by atoms with van der Waals surface area (Å²) >= 11 is 0. The van der Waals surface area contributed by atoms with Gasteiger partial charge in [-0.15, -0.1) is 5.10 Å². The monoisotopic (exact) mass is 289 g/mol. The molecule has 0 radical (unpaired) electrons. The highest BCUT2D eigenvalue weighted by Gasteiger charge is 2.24. The van der Waals surface area contributed by atoms with Crippen LogP contribution in [0.4, 0.5) is 16.2 Å². The van der Waals surface area contributed by atoms with E-state index in [2.05, 4.69) is 15.5 Å². The first-order chi connectivity index (χ1) is 10.3. The largest absolute Gasteiger partial charge is 0.492 e. The summed E-state index contributed by atoms with van der Waals surface area (Å²) in [6, 6.07) is 5.46. The van der Waals surface area contributed by atoms with E-state index in [1.54, 1.807) is 17.3 Å². The molecule has 0 atom stereocenters. The Morgan fingerprint density at radius 1 is 1.48 bits per heavy atom. The minimum absolute atomic E-state index is 0.338. The van der Waals surface area contributed by atoms with Crippen LogP contribution in [-0.2, 0) is 4.74 Å². The zero-order valence-electron chi connectivity index (χ0n) is 11.5. The van der Waals surface area contributed by atoms with Crippen molar-refractivity contribution < 1.29 is 14.3 Å². The number of carbonyl (C=O) groups is 1. The first kappa shape index (κ1) is 13.2. The van der Waals surface area contributed by atoms with Crippen LogP contribution in [0.3, 0.4) is 0 Å². The van der Waals surface area contributed by atoms with Gasteiger partial charge in [0.15, 0.2) is 0 Å². The van der Waals surface area contributed by atoms with Crippen LogP contribution in [-0.4, -0.2) is 40.7 Å². The highest BCUT2D eigenvalue weighted by molar-refractivity contribution is 5.90. The van der Waals surface area contributed by atoms with Crippen molar-refractivity contribution in [2.24, 2.45) is 0 Å². The average molecular weight is 289 g/mol. The van der Waals surface area contributed by atoms with E-state index < -0.39 is 0 Å². The molecular weight excluding hydrogens is 274 g/mol. The molecule has 0 spiro atoms. The molecule has 1 aliphatic rings. The number of cyclic esters (lactones) is 1. The zero-order chi connectivity index (χ0) is 14.7. The lowest BCUT2D eigenvalue weighted by molar-refractivity contribution is 0.181. The molecule has 1 saturated heterocycles. The lowest BCUT2D eigenvalue weighted by Gasteiger charge is -2.17. The molecule has 8 nitrogen and oxygen atoms in total. The van der Waals surface area contributed by atoms with Crippen molar-refractivity contribution in [1.29, 1.82) is 0 Å². The summed E-state index contributed by atoms with van der Waals surface area (Å²) in [6.07, 6.45) is 2.64. The Kier molecular flexibility index (Phi) is 3.59. The molecule has 1 amide bonds. The smallest absolute Gasteiger partial charge is 0.414 e. The molecule has 110 valence electrons. The second kappa shape index (κ2) is 5.70. The number of nitrogens with one attached hydrogen (secondary N) is 1. The Morgan fingerprint density at radius 2 is 2.38 bits per heavy atom. The Morgan fingerprint density at radius 3 is 3.05 bits per heavy atom. The summed E-state index contributed by atoms with van der Waals surface area (Å²) in [6.45, 7) is 3.36. The van der Waals surface area contributed by atoms with Gasteiger partial charge in [0.2, 0.25) is 0 Å². The predicted octanol–water partition coefficient (Wildman–Crippen LogP) is 1.51. The molecular formula is C13H15N5O3. The van der Waals surface area contributed by atoms with E-state index in [0.717, 1.165) is 11.4 Å². The molecule has 2 heterocycles. The van der Waals surface area contributed by atoms with E-state index in [0.29, 0.717) is 25.5 Å². The van der Waals surface area contributed by atoms with E-state index in [-0.39, 0.29) is 6.09 Å². The van der Waals surface area contributed by atoms with Crippen molar-refractivity contribution in [2.75, 3.05) is 30.1 Å². The Labute approximate surface area is 121 Å². The number of aromatic nitrogens is 3. The molecule has 1 aromatic heterocycles. The van der Waals surface area contributed by atoms with Crippen molar-refractivity contribution in [3.05, 3.63) is 30.9 Å². The quantitative estimate of drug-likeness (QED) is 0.898. The third kappa shape index (κ3) is 2.73. The van der Waals surface area contributed by atoms with Crippen molar-refractivity contribution in [1.82, 2.24) is 14.9 Å². The Balaban J connectivity index is 1.88. The van der Waals surface area contributed by atoms with Crippen molar-refractivity contribution >= 4 is 17.5 Å². The van der Waals surface area contributed by atoms with E-state index >= 15 is 0 Å². The third-order valence-corrected chi connectivity index (χ3v) is 2.99. The number of nitrogens with zero attached hydrogens (tertiary/aromatic N) is 4. The van der Waals surface area contributed by atoms with Gasteiger partial charge in [-0.2, -0.15) is 4.79 Å². The van der Waals surface area contributed by atoms with E-state index in [1.165, 1.54) is 11.1 Å². The van der Waals surface area contributed by atoms with Gasteiger partial charge in [-0.05, 0) is 19.1 Å². The molecule has 3 rings (SSSR count). The maximum Gasteiger partial charge on any atom is 0.414 e. The van der Waals surface area contributed by atoms with Gasteiger partial charge in [0.25, 0.3) is 0 Å². The van der Waals surface area contributed by atoms with Crippen LogP contribution >= 0.6 is 0 Å². The van der Waals surface area contributed by atoms with Crippen LogP contribution in [0.15, 0.2) is 30.9 Å². The number of benzene rings is 1. The number of amides is 1. The summed E-state index contributed by atoms with van der Waals surface area (Å²) < 4.78 is 10.6. The van der Waals surface area contributed by atoms with Crippen LogP contribution in [0.2, 0.25) is 0 Å². The minimum atomic E-state index is -0.338. The van der Waals surface area contributed by atoms with Gasteiger partial charge < -0.3 is 9.47 Å². The molecule has 0 unspecified atom stereocenters. The summed E-state index contributed by atoms with van der Waals surface area (Å²) in [5.74, 6) is 0.630. The van der Waals surface area contributed by atoms with Crippen LogP contribution in [0, 0.1) is 0 Å². The molecule has 1 fully saturated rings. The zero-order valence-corrected chi connectivity index (χ0v) is 11.5. The number of ether oxygens (including phenoxy) is 2. The van der Waals surface area contributed by atoms with Gasteiger partial charge in [0.1, 0.15) is 25.0 Å². The van der Waals surface area contributed by atoms with E-state index in [9.17, 15) is 4.79 Å². The van der Waals surface area contributed by atoms with Crippen molar-refractivity contribution in [3.63, 3.8) is 0 Å². The Hall–Kier alpha value is -2.77. The van der Waals surface area contributed by atoms with Gasteiger partial charge in [-0.3, -0.25) is 10.3 Å². The van der Waals surface area contributed by atoms with Gasteiger partial charge >= 0.3 is 6.09 Å². The summed E-state index contributed by atoms with van der Waals surface area (Å²) in [4.78, 5) is 18.5. The molecule has 8 heteroatoms. The van der Waals surface area contributed by atoms with Crippen molar-refractivity contribution in [3.8, 4) is 5.75 Å². The second-order valence-electron chi connectivity index (χ2n) is 4.33. The average Bonchev–Trinajstić information content (AvgIpc) is 3.13. The fraction of sp³-hybridized carbons (Fsp3) is 0.308. The molecule has 0 aliphatic carbocycles. The van der Waals surface area contributed by atoms with Gasteiger partial charge in [-0.1, -0.05) is 0 Å². The molecule has 21 heavy (non-hydrogen) atoms. The molecule has 1 aromatic carbocycles. The number of carbonyl (C=O) groups excluding carboxylic acids is 1. The fourth-order valence-electron chi connectivity index (χ4n) is 2.06. The van der Waals surface area contributed by atoms with Gasteiger partial charge in [0.05, 0.1) is 24.5 Å². The maximum atomic E-state index is 11.6. The standard InChI is InChI=1S/C13H15N5O3/c1-2-20-12-7-10(17-5-6-21-13(17)19)3-4-11(12)16-18-9-14-8-15-18/h3-4,7-9,16H,2,5-6H2,1H3. The summed E-state index contributed by atoms with van der Waals surface area (Å²) in [5.41, 5.74) is 4.53. The topological polar surface area (TPSA) is 81.5 Å². The number of hydrogen-bond donors (Lipinski definition) is 1. The highest BCUT2D eigenvalue weighted by atomic mass is 16.6. The SMILES string of the molecule is CCOc1cc(N2CCOC2=O)ccc1Nn1cncn1. The first-order valence-electron chi connectivity index (χ1n) is 6.60. The molecule has 2 aromatic rings. The summed E-state index contributed by atoms with van der Waals surface area (Å²) in [7, 11) is 0. The maximum absolute atomic E-state index is 11.6. The lowest BCUT2D eigenvalue weighted by Crippen LogP contribution is -2.23. The van der Waals surface area contributed by atoms with Crippen LogP contribution in [0.1, 0.15) is 6.92 Å². The lowest BCUT2D eigenvalue weighted by atomic mass is 10.2. The summed E-state index contributed by atoms with van der Waals surface area (Å²) in [5, 5.41) is 3.98. The van der Waals surface area contributed by atoms with Crippen LogP contribution in [0.25, 0.3) is 0 Å². The normalized spacial score (nSPS) is 14.1. The molecule has 1 aliphatic heterocycles. The van der Waals surface area contributed by atoms with Gasteiger partial charge in [0, 0.05) is 6.07 Å². The third-order valence-electron chi connectivity index (χ3n) is 2.99. The van der Waals surface area contributed by atoms with Crippen LogP contribution in [0.5, 0.6) is 5.75 Å². The fourth-order valence-corrected chi connectivity index (χ4v) is 2.06. The molecule has 1 N–H and O–H groups in total. The minimum Gasteiger partial charge on any atom is -0.492 e. The second-order valence-corrected chi connectivity index (χ2v) is 4.33. The number of rotatable bonds is 5. The van der Waals surface area contributed by atoms with Crippen molar-refractivity contribution in [2.45, 2.75) is 6.92 Å². The number of anilines is 2. The van der Waals surface area contributed by atoms with E-state index in [1.807, 2.05) is 19.1 Å². The highest BCUT2D eigenvalue weighted by Crippen LogP contribution is 2.31. The van der Waals surface area contributed by atoms with E-state index in [4.69, 9.17) is 9.47 Å². The molecule has 0 bridgehead atoms. The molecule has 0 saturated carbocycles. The van der Waals surface area contributed by atoms with Crippen LogP contribution < -0.4 is 15.1 Å². The predicted molar refractivity (Wildman–Crippen MR) is 75.3 cm³/mol. The number of hydrogen-bond acceptors (Lipinski definition) is 6. The first-order valence-corrected chi connectivity index (χ1v) is 6.60.